The summed E-state index contributed by atoms with van der Waals surface area (Å²) in [6, 6.07) is 19.9. The van der Waals surface area contributed by atoms with E-state index in [2.05, 4.69) is 34.3 Å². The van der Waals surface area contributed by atoms with Crippen molar-refractivity contribution >= 4 is 45.8 Å². The number of imide groups is 1. The van der Waals surface area contributed by atoms with Crippen LogP contribution in [0.4, 0.5) is 22.7 Å². The van der Waals surface area contributed by atoms with Crippen LogP contribution in [0.5, 0.6) is 0 Å². The molecule has 198 valence electrons. The highest BCUT2D eigenvalue weighted by atomic mass is 16.3. The normalized spacial score (nSPS) is 17.2. The third kappa shape index (κ3) is 4.68. The molecule has 1 saturated heterocycles. The van der Waals surface area contributed by atoms with Crippen LogP contribution in [0.2, 0.25) is 0 Å². The number of hydrogen-bond acceptors (Lipinski definition) is 8. The second kappa shape index (κ2) is 10.2. The van der Waals surface area contributed by atoms with Crippen molar-refractivity contribution in [3.63, 3.8) is 0 Å². The van der Waals surface area contributed by atoms with Gasteiger partial charge in [-0.05, 0) is 86.7 Å². The smallest absolute Gasteiger partial charge is 0.301 e. The summed E-state index contributed by atoms with van der Waals surface area (Å²) in [5.41, 5.74) is 10.1. The van der Waals surface area contributed by atoms with Crippen LogP contribution in [0.3, 0.4) is 0 Å². The second-order valence-corrected chi connectivity index (χ2v) is 9.74. The Morgan fingerprint density at radius 1 is 0.897 bits per heavy atom. The number of nitrogens with two attached hydrogens (primary N) is 1. The van der Waals surface area contributed by atoms with Crippen LogP contribution in [0.25, 0.3) is 11.3 Å². The van der Waals surface area contributed by atoms with Gasteiger partial charge < -0.3 is 29.7 Å². The fraction of sp³-hybridized carbons (Fsp3) is 0.200. The molecule has 0 spiro atoms. The van der Waals surface area contributed by atoms with Crippen molar-refractivity contribution in [2.75, 3.05) is 54.1 Å². The quantitative estimate of drug-likeness (QED) is 0.219. The van der Waals surface area contributed by atoms with Gasteiger partial charge in [-0.25, -0.2) is 4.90 Å². The molecule has 0 aliphatic carbocycles. The Bertz CT molecular complexity index is 1520. The Balaban J connectivity index is 1.39. The molecule has 2 amide bonds. The van der Waals surface area contributed by atoms with Gasteiger partial charge in [-0.2, -0.15) is 0 Å². The average molecular weight is 524 g/mol. The monoisotopic (exact) mass is 523 g/mol. The largest absolute Gasteiger partial charge is 0.463 e. The zero-order valence-corrected chi connectivity index (χ0v) is 21.6. The lowest BCUT2D eigenvalue weighted by atomic mass is 10.0. The highest BCUT2D eigenvalue weighted by Crippen LogP contribution is 2.43. The summed E-state index contributed by atoms with van der Waals surface area (Å²) < 4.78 is 11.1. The molecule has 0 bridgehead atoms. The summed E-state index contributed by atoms with van der Waals surface area (Å²) >= 11 is 0. The lowest BCUT2D eigenvalue weighted by molar-refractivity contribution is -0.112. The molecule has 0 radical (unpaired) electrons. The number of nitrogens with one attached hydrogen (secondary N) is 1. The first-order valence-electron chi connectivity index (χ1n) is 12.9. The van der Waals surface area contributed by atoms with E-state index in [1.807, 2.05) is 12.1 Å². The van der Waals surface area contributed by atoms with E-state index < -0.39 is 11.8 Å². The van der Waals surface area contributed by atoms with Gasteiger partial charge in [0.2, 0.25) is 0 Å². The Kier molecular flexibility index (Phi) is 6.42. The first kappa shape index (κ1) is 24.6. The minimum atomic E-state index is -0.571. The Hall–Kier alpha value is -4.76. The van der Waals surface area contributed by atoms with Gasteiger partial charge in [-0.1, -0.05) is 0 Å². The number of amides is 2. The number of furan rings is 2. The van der Waals surface area contributed by atoms with Crippen molar-refractivity contribution in [1.29, 1.82) is 0 Å². The number of rotatable bonds is 5. The van der Waals surface area contributed by atoms with Crippen molar-refractivity contribution in [2.45, 2.75) is 6.42 Å². The minimum absolute atomic E-state index is 0.0563. The number of carbonyl (C=O) groups excluding carboxylic acids is 2. The van der Waals surface area contributed by atoms with Crippen molar-refractivity contribution in [3.8, 4) is 0 Å². The summed E-state index contributed by atoms with van der Waals surface area (Å²) in [5.74, 6) is -0.548. The summed E-state index contributed by atoms with van der Waals surface area (Å²) in [6.45, 7) is 4.09. The third-order valence-electron chi connectivity index (χ3n) is 7.12. The molecule has 9 nitrogen and oxygen atoms in total. The second-order valence-electron chi connectivity index (χ2n) is 9.74. The van der Waals surface area contributed by atoms with Crippen LogP contribution < -0.4 is 20.9 Å². The molecule has 2 aromatic carbocycles. The van der Waals surface area contributed by atoms with E-state index in [-0.39, 0.29) is 5.76 Å². The lowest BCUT2D eigenvalue weighted by Crippen LogP contribution is -2.33. The van der Waals surface area contributed by atoms with Crippen LogP contribution >= 0.6 is 0 Å². The SMILES string of the molecule is CN1CCCN(c2ccc(N/C(=C3\C(=O)N(C(=O)c4ccco4)c4cc(N)ccc43)c3ccco3)cc2)CC1. The lowest BCUT2D eigenvalue weighted by Gasteiger charge is -2.23. The maximum Gasteiger partial charge on any atom is 0.301 e. The summed E-state index contributed by atoms with van der Waals surface area (Å²) in [5, 5.41) is 3.40. The van der Waals surface area contributed by atoms with E-state index in [1.165, 1.54) is 12.3 Å². The standard InChI is InChI=1S/C30H29N5O4/c1-33-13-4-14-34(16-15-33)22-10-8-21(9-11-22)32-28(25-5-2-17-38-25)27-23-12-7-20(31)19-24(23)35(30(27)37)29(36)26-6-3-18-39-26/h2-3,5-12,17-19,32H,4,13-16,31H2,1H3/b28-27-. The third-order valence-corrected chi connectivity index (χ3v) is 7.12. The number of benzene rings is 2. The molecule has 2 aliphatic heterocycles. The number of carbonyl (C=O) groups is 2. The molecule has 1 fully saturated rings. The highest BCUT2D eigenvalue weighted by molar-refractivity contribution is 6.45. The topological polar surface area (TPSA) is 108 Å². The minimum Gasteiger partial charge on any atom is -0.463 e. The van der Waals surface area contributed by atoms with E-state index >= 15 is 0 Å². The van der Waals surface area contributed by atoms with Crippen LogP contribution in [-0.2, 0) is 4.79 Å². The molecular formula is C30H29N5O4. The van der Waals surface area contributed by atoms with Gasteiger partial charge in [-0.3, -0.25) is 9.59 Å². The van der Waals surface area contributed by atoms with E-state index in [4.69, 9.17) is 14.6 Å². The molecule has 3 N–H and O–H groups in total. The van der Waals surface area contributed by atoms with Gasteiger partial charge in [0.1, 0.15) is 0 Å². The van der Waals surface area contributed by atoms with Gasteiger partial charge in [0, 0.05) is 42.3 Å². The maximum absolute atomic E-state index is 13.9. The zero-order chi connectivity index (χ0) is 26.9. The van der Waals surface area contributed by atoms with Crippen LogP contribution in [-0.4, -0.2) is 49.9 Å². The fourth-order valence-corrected chi connectivity index (χ4v) is 5.11. The first-order chi connectivity index (χ1) is 19.0. The highest BCUT2D eigenvalue weighted by Gasteiger charge is 2.40. The number of fused-ring (bicyclic) bond motifs is 1. The molecule has 6 rings (SSSR count). The van der Waals surface area contributed by atoms with E-state index in [1.54, 1.807) is 42.7 Å². The van der Waals surface area contributed by atoms with Gasteiger partial charge in [0.05, 0.1) is 29.5 Å². The molecule has 0 unspecified atom stereocenters. The van der Waals surface area contributed by atoms with Crippen molar-refractivity contribution in [1.82, 2.24) is 4.90 Å². The first-order valence-corrected chi connectivity index (χ1v) is 12.9. The molecule has 2 aromatic heterocycles. The summed E-state index contributed by atoms with van der Waals surface area (Å²) in [6.07, 6.45) is 4.06. The molecule has 0 atom stereocenters. The molecular weight excluding hydrogens is 494 g/mol. The summed E-state index contributed by atoms with van der Waals surface area (Å²) in [4.78, 5) is 33.1. The van der Waals surface area contributed by atoms with Gasteiger partial charge >= 0.3 is 5.91 Å². The average Bonchev–Trinajstić information content (AvgIpc) is 3.68. The van der Waals surface area contributed by atoms with E-state index in [9.17, 15) is 9.59 Å². The number of nitrogen functional groups attached to an aromatic ring is 1. The van der Waals surface area contributed by atoms with E-state index in [0.29, 0.717) is 34.0 Å². The van der Waals surface area contributed by atoms with Crippen LogP contribution in [0, 0.1) is 0 Å². The van der Waals surface area contributed by atoms with Crippen molar-refractivity contribution in [2.24, 2.45) is 0 Å². The van der Waals surface area contributed by atoms with Crippen molar-refractivity contribution < 1.29 is 18.4 Å². The van der Waals surface area contributed by atoms with E-state index in [0.717, 1.165) is 48.9 Å². The Morgan fingerprint density at radius 3 is 2.36 bits per heavy atom. The fourth-order valence-electron chi connectivity index (χ4n) is 5.11. The maximum atomic E-state index is 13.9. The van der Waals surface area contributed by atoms with Gasteiger partial charge in [-0.15, -0.1) is 0 Å². The number of hydrogen-bond donors (Lipinski definition) is 2. The Morgan fingerprint density at radius 2 is 1.64 bits per heavy atom. The number of anilines is 4. The van der Waals surface area contributed by atoms with Crippen molar-refractivity contribution in [3.05, 3.63) is 96.3 Å². The van der Waals surface area contributed by atoms with Crippen LogP contribution in [0.15, 0.2) is 88.1 Å². The predicted octanol–water partition coefficient (Wildman–Crippen LogP) is 4.76. The molecule has 9 heteroatoms. The number of likely N-dealkylation sites (N-methyl/N-ethyl adjacent to an activating group) is 1. The predicted molar refractivity (Wildman–Crippen MR) is 151 cm³/mol. The Labute approximate surface area is 226 Å². The van der Waals surface area contributed by atoms with Crippen LogP contribution in [0.1, 0.15) is 28.3 Å². The van der Waals surface area contributed by atoms with Gasteiger partial charge in [0.15, 0.2) is 11.5 Å². The zero-order valence-electron chi connectivity index (χ0n) is 21.6. The molecule has 4 heterocycles. The molecule has 2 aliphatic rings. The molecule has 0 saturated carbocycles. The molecule has 39 heavy (non-hydrogen) atoms. The summed E-state index contributed by atoms with van der Waals surface area (Å²) in [7, 11) is 2.15. The molecule has 4 aromatic rings. The van der Waals surface area contributed by atoms with Gasteiger partial charge in [0.25, 0.3) is 5.91 Å². The number of nitrogens with zero attached hydrogens (tertiary/aromatic N) is 3.